The maximum Gasteiger partial charge on any atom is 0.358 e. The Hall–Kier alpha value is -3.03. The number of pyridine rings is 1. The summed E-state index contributed by atoms with van der Waals surface area (Å²) < 4.78 is 0. The Morgan fingerprint density at radius 2 is 1.95 bits per heavy atom. The van der Waals surface area contributed by atoms with Crippen LogP contribution < -0.4 is 10.9 Å². The molecule has 0 aliphatic heterocycles. The standard InChI is InChI=1S/C12H10N4O4/c1-6-2-3-7(10(17)15-6)11(18)16-9-8(12(19)20)13-4-5-14-9/h2-5H,1H3,(H,15,17)(H,19,20)(H,14,16,18). The lowest BCUT2D eigenvalue weighted by Crippen LogP contribution is -2.24. The second kappa shape index (κ2) is 5.31. The summed E-state index contributed by atoms with van der Waals surface area (Å²) in [5.41, 5.74) is -0.498. The van der Waals surface area contributed by atoms with E-state index in [-0.39, 0.29) is 11.4 Å². The van der Waals surface area contributed by atoms with Gasteiger partial charge < -0.3 is 15.4 Å². The van der Waals surface area contributed by atoms with E-state index in [1.54, 1.807) is 13.0 Å². The molecule has 8 nitrogen and oxygen atoms in total. The minimum atomic E-state index is -1.33. The zero-order chi connectivity index (χ0) is 14.7. The number of nitrogens with zero attached hydrogens (tertiary/aromatic N) is 2. The highest BCUT2D eigenvalue weighted by Gasteiger charge is 2.17. The predicted octanol–water partition coefficient (Wildman–Crippen LogP) is 0.424. The summed E-state index contributed by atoms with van der Waals surface area (Å²) in [4.78, 5) is 44.3. The van der Waals surface area contributed by atoms with Gasteiger partial charge in [-0.1, -0.05) is 0 Å². The van der Waals surface area contributed by atoms with Crippen LogP contribution in [-0.4, -0.2) is 31.9 Å². The number of carboxylic acid groups (broad SMARTS) is 1. The fourth-order valence-corrected chi connectivity index (χ4v) is 1.51. The average molecular weight is 274 g/mol. The normalized spacial score (nSPS) is 10.1. The highest BCUT2D eigenvalue weighted by molar-refractivity contribution is 6.06. The number of aryl methyl sites for hydroxylation is 1. The van der Waals surface area contributed by atoms with Crippen LogP contribution in [0.2, 0.25) is 0 Å². The molecule has 3 N–H and O–H groups in total. The first-order valence-electron chi connectivity index (χ1n) is 5.54. The SMILES string of the molecule is Cc1ccc(C(=O)Nc2nccnc2C(=O)O)c(=O)[nH]1. The Morgan fingerprint density at radius 3 is 2.60 bits per heavy atom. The Labute approximate surface area is 112 Å². The fourth-order valence-electron chi connectivity index (χ4n) is 1.51. The Balaban J connectivity index is 2.33. The van der Waals surface area contributed by atoms with E-state index in [0.717, 1.165) is 0 Å². The molecule has 102 valence electrons. The van der Waals surface area contributed by atoms with Crippen molar-refractivity contribution in [2.24, 2.45) is 0 Å². The summed E-state index contributed by atoms with van der Waals surface area (Å²) in [6.07, 6.45) is 2.43. The number of carboxylic acids is 1. The molecule has 2 heterocycles. The number of hydrogen-bond donors (Lipinski definition) is 3. The third kappa shape index (κ3) is 2.69. The summed E-state index contributed by atoms with van der Waals surface area (Å²) in [6.45, 7) is 1.67. The lowest BCUT2D eigenvalue weighted by Gasteiger charge is -2.06. The zero-order valence-corrected chi connectivity index (χ0v) is 10.4. The molecule has 2 aromatic heterocycles. The van der Waals surface area contributed by atoms with Gasteiger partial charge in [-0.2, -0.15) is 0 Å². The number of anilines is 1. The van der Waals surface area contributed by atoms with Crippen molar-refractivity contribution in [3.63, 3.8) is 0 Å². The number of hydrogen-bond acceptors (Lipinski definition) is 5. The van der Waals surface area contributed by atoms with Crippen molar-refractivity contribution < 1.29 is 14.7 Å². The molecule has 0 saturated heterocycles. The Morgan fingerprint density at radius 1 is 1.25 bits per heavy atom. The van der Waals surface area contributed by atoms with E-state index in [1.165, 1.54) is 18.5 Å². The molecule has 0 bridgehead atoms. The largest absolute Gasteiger partial charge is 0.476 e. The molecular formula is C12H10N4O4. The molecule has 0 aliphatic carbocycles. The van der Waals surface area contributed by atoms with Crippen LogP contribution in [-0.2, 0) is 0 Å². The number of aromatic nitrogens is 3. The van der Waals surface area contributed by atoms with E-state index < -0.39 is 23.1 Å². The topological polar surface area (TPSA) is 125 Å². The van der Waals surface area contributed by atoms with Crippen LogP contribution in [0.15, 0.2) is 29.3 Å². The molecule has 8 heteroatoms. The molecule has 0 fully saturated rings. The van der Waals surface area contributed by atoms with Gasteiger partial charge in [0.1, 0.15) is 5.56 Å². The van der Waals surface area contributed by atoms with Crippen molar-refractivity contribution in [3.05, 3.63) is 51.8 Å². The summed E-state index contributed by atoms with van der Waals surface area (Å²) in [5.74, 6) is -2.30. The van der Waals surface area contributed by atoms with Gasteiger partial charge in [-0.15, -0.1) is 0 Å². The molecule has 0 saturated carbocycles. The number of rotatable bonds is 3. The summed E-state index contributed by atoms with van der Waals surface area (Å²) in [5, 5.41) is 11.2. The van der Waals surface area contributed by atoms with Crippen LogP contribution >= 0.6 is 0 Å². The van der Waals surface area contributed by atoms with Crippen LogP contribution in [0.1, 0.15) is 26.5 Å². The third-order valence-electron chi connectivity index (χ3n) is 2.43. The van der Waals surface area contributed by atoms with Crippen LogP contribution in [0, 0.1) is 6.92 Å². The van der Waals surface area contributed by atoms with Gasteiger partial charge in [-0.25, -0.2) is 14.8 Å². The number of aromatic amines is 1. The Bertz CT molecular complexity index is 738. The molecule has 0 aromatic carbocycles. The van der Waals surface area contributed by atoms with Crippen molar-refractivity contribution in [1.29, 1.82) is 0 Å². The van der Waals surface area contributed by atoms with Gasteiger partial charge in [0.25, 0.3) is 11.5 Å². The molecule has 0 unspecified atom stereocenters. The molecule has 0 radical (unpaired) electrons. The zero-order valence-electron chi connectivity index (χ0n) is 10.4. The van der Waals surface area contributed by atoms with Gasteiger partial charge in [0.15, 0.2) is 11.5 Å². The van der Waals surface area contributed by atoms with Crippen molar-refractivity contribution in [1.82, 2.24) is 15.0 Å². The van der Waals surface area contributed by atoms with Crippen molar-refractivity contribution in [2.75, 3.05) is 5.32 Å². The number of carbonyl (C=O) groups excluding carboxylic acids is 1. The first-order chi connectivity index (χ1) is 9.49. The maximum atomic E-state index is 11.9. The lowest BCUT2D eigenvalue weighted by atomic mass is 10.2. The number of amides is 1. The van der Waals surface area contributed by atoms with Gasteiger partial charge in [-0.3, -0.25) is 9.59 Å². The molecular weight excluding hydrogens is 264 g/mol. The van der Waals surface area contributed by atoms with Crippen molar-refractivity contribution >= 4 is 17.7 Å². The van der Waals surface area contributed by atoms with Crippen LogP contribution in [0.3, 0.4) is 0 Å². The molecule has 1 amide bonds. The van der Waals surface area contributed by atoms with Crippen LogP contribution in [0.5, 0.6) is 0 Å². The van der Waals surface area contributed by atoms with Gasteiger partial charge in [-0.05, 0) is 19.1 Å². The summed E-state index contributed by atoms with van der Waals surface area (Å²) >= 11 is 0. The number of carbonyl (C=O) groups is 2. The van der Waals surface area contributed by atoms with Gasteiger partial charge in [0.2, 0.25) is 0 Å². The molecule has 2 rings (SSSR count). The number of nitrogens with one attached hydrogen (secondary N) is 2. The highest BCUT2D eigenvalue weighted by atomic mass is 16.4. The monoisotopic (exact) mass is 274 g/mol. The van der Waals surface area contributed by atoms with E-state index in [9.17, 15) is 14.4 Å². The molecule has 0 aliphatic rings. The molecule has 0 atom stereocenters. The molecule has 20 heavy (non-hydrogen) atoms. The first kappa shape index (κ1) is 13.4. The van der Waals surface area contributed by atoms with Gasteiger partial charge in [0, 0.05) is 18.1 Å². The van der Waals surface area contributed by atoms with E-state index in [1.807, 2.05) is 0 Å². The first-order valence-corrected chi connectivity index (χ1v) is 5.54. The van der Waals surface area contributed by atoms with Crippen molar-refractivity contribution in [2.45, 2.75) is 6.92 Å². The smallest absolute Gasteiger partial charge is 0.358 e. The number of aromatic carboxylic acids is 1. The minimum Gasteiger partial charge on any atom is -0.476 e. The number of H-pyrrole nitrogens is 1. The molecule has 2 aromatic rings. The third-order valence-corrected chi connectivity index (χ3v) is 2.43. The molecule has 0 spiro atoms. The lowest BCUT2D eigenvalue weighted by molar-refractivity contribution is 0.0691. The van der Waals surface area contributed by atoms with Crippen LogP contribution in [0.4, 0.5) is 5.82 Å². The van der Waals surface area contributed by atoms with Gasteiger partial charge in [0.05, 0.1) is 0 Å². The van der Waals surface area contributed by atoms with E-state index >= 15 is 0 Å². The predicted molar refractivity (Wildman–Crippen MR) is 68.7 cm³/mol. The minimum absolute atomic E-state index is 0.141. The highest BCUT2D eigenvalue weighted by Crippen LogP contribution is 2.09. The van der Waals surface area contributed by atoms with E-state index in [2.05, 4.69) is 20.3 Å². The van der Waals surface area contributed by atoms with Gasteiger partial charge >= 0.3 is 5.97 Å². The summed E-state index contributed by atoms with van der Waals surface area (Å²) in [6, 6.07) is 2.91. The van der Waals surface area contributed by atoms with Crippen LogP contribution in [0.25, 0.3) is 0 Å². The average Bonchev–Trinajstić information content (AvgIpc) is 2.38. The fraction of sp³-hybridized carbons (Fsp3) is 0.0833. The van der Waals surface area contributed by atoms with Crippen molar-refractivity contribution in [3.8, 4) is 0 Å². The van der Waals surface area contributed by atoms with E-state index in [0.29, 0.717) is 5.69 Å². The Kier molecular flexibility index (Phi) is 3.56. The maximum absolute atomic E-state index is 11.9. The summed E-state index contributed by atoms with van der Waals surface area (Å²) in [7, 11) is 0. The second-order valence-electron chi connectivity index (χ2n) is 3.90. The van der Waals surface area contributed by atoms with E-state index in [4.69, 9.17) is 5.11 Å². The second-order valence-corrected chi connectivity index (χ2v) is 3.90. The quantitative estimate of drug-likeness (QED) is 0.745.